The van der Waals surface area contributed by atoms with Gasteiger partial charge in [-0.15, -0.1) is 0 Å². The van der Waals surface area contributed by atoms with E-state index < -0.39 is 5.41 Å². The van der Waals surface area contributed by atoms with E-state index in [1.54, 1.807) is 6.08 Å². The van der Waals surface area contributed by atoms with Gasteiger partial charge in [0.15, 0.2) is 0 Å². The van der Waals surface area contributed by atoms with Crippen molar-refractivity contribution in [3.63, 3.8) is 0 Å². The van der Waals surface area contributed by atoms with E-state index in [2.05, 4.69) is 18.8 Å². The van der Waals surface area contributed by atoms with Crippen LogP contribution in [0.25, 0.3) is 10.8 Å². The number of amides is 1. The molecule has 0 atom stereocenters. The van der Waals surface area contributed by atoms with Gasteiger partial charge in [-0.3, -0.25) is 4.79 Å². The van der Waals surface area contributed by atoms with Gasteiger partial charge in [0, 0.05) is 16.5 Å². The molecule has 160 valence electrons. The Bertz CT molecular complexity index is 1180. The highest BCUT2D eigenvalue weighted by Crippen LogP contribution is 2.38. The first-order chi connectivity index (χ1) is 15.7. The quantitative estimate of drug-likeness (QED) is 0.320. The number of ether oxygens (including phenoxy) is 1. The molecule has 4 rings (SSSR count). The summed E-state index contributed by atoms with van der Waals surface area (Å²) in [4.78, 5) is 14.0. The summed E-state index contributed by atoms with van der Waals surface area (Å²) < 4.78 is 5.82. The second kappa shape index (κ2) is 9.52. The van der Waals surface area contributed by atoms with Crippen molar-refractivity contribution in [3.8, 4) is 5.75 Å². The standard InChI is InChI=1S/C29H27NO2/c1-3-21-32-27-20-19-26(24-17-11-12-18-25(24)27)30-28(31)29(4-2,22-13-7-5-8-14-22)23-15-9-6-10-16-23/h3,5-20H,1,4,21H2,2H3,(H,30,31). The normalized spacial score (nSPS) is 11.2. The molecule has 3 nitrogen and oxygen atoms in total. The molecule has 0 saturated heterocycles. The predicted octanol–water partition coefficient (Wildman–Crippen LogP) is 6.74. The van der Waals surface area contributed by atoms with Crippen molar-refractivity contribution in [1.29, 1.82) is 0 Å². The molecule has 0 heterocycles. The lowest BCUT2D eigenvalue weighted by Gasteiger charge is -2.33. The summed E-state index contributed by atoms with van der Waals surface area (Å²) >= 11 is 0. The smallest absolute Gasteiger partial charge is 0.239 e. The van der Waals surface area contributed by atoms with Crippen LogP contribution in [0.2, 0.25) is 0 Å². The van der Waals surface area contributed by atoms with Crippen molar-refractivity contribution >= 4 is 22.4 Å². The van der Waals surface area contributed by atoms with Gasteiger partial charge in [0.2, 0.25) is 5.91 Å². The van der Waals surface area contributed by atoms with Crippen LogP contribution in [-0.4, -0.2) is 12.5 Å². The Labute approximate surface area is 189 Å². The third-order valence-electron chi connectivity index (χ3n) is 5.94. The van der Waals surface area contributed by atoms with Gasteiger partial charge in [0.05, 0.1) is 5.41 Å². The Hall–Kier alpha value is -3.85. The van der Waals surface area contributed by atoms with Gasteiger partial charge in [-0.05, 0) is 29.7 Å². The lowest BCUT2D eigenvalue weighted by atomic mass is 9.71. The van der Waals surface area contributed by atoms with Crippen LogP contribution >= 0.6 is 0 Å². The van der Waals surface area contributed by atoms with E-state index >= 15 is 0 Å². The van der Waals surface area contributed by atoms with Crippen LogP contribution in [-0.2, 0) is 10.2 Å². The molecule has 0 bridgehead atoms. The average Bonchev–Trinajstić information content (AvgIpc) is 2.86. The van der Waals surface area contributed by atoms with Gasteiger partial charge < -0.3 is 10.1 Å². The van der Waals surface area contributed by atoms with Gasteiger partial charge >= 0.3 is 0 Å². The first-order valence-corrected chi connectivity index (χ1v) is 10.9. The zero-order valence-electron chi connectivity index (χ0n) is 18.3. The molecule has 0 aromatic heterocycles. The first-order valence-electron chi connectivity index (χ1n) is 10.9. The maximum atomic E-state index is 14.0. The van der Waals surface area contributed by atoms with Gasteiger partial charge in [-0.2, -0.15) is 0 Å². The van der Waals surface area contributed by atoms with E-state index in [-0.39, 0.29) is 5.91 Å². The molecule has 0 unspecified atom stereocenters. The fourth-order valence-electron chi connectivity index (χ4n) is 4.33. The maximum absolute atomic E-state index is 14.0. The number of nitrogens with one attached hydrogen (secondary N) is 1. The highest BCUT2D eigenvalue weighted by Gasteiger charge is 2.40. The minimum Gasteiger partial charge on any atom is -0.489 e. The fourth-order valence-corrected chi connectivity index (χ4v) is 4.33. The molecule has 1 amide bonds. The minimum atomic E-state index is -0.804. The number of carbonyl (C=O) groups is 1. The molecule has 0 aliphatic heterocycles. The van der Waals surface area contributed by atoms with E-state index in [4.69, 9.17) is 4.74 Å². The van der Waals surface area contributed by atoms with Crippen molar-refractivity contribution in [2.75, 3.05) is 11.9 Å². The van der Waals surface area contributed by atoms with Crippen molar-refractivity contribution in [2.45, 2.75) is 18.8 Å². The summed E-state index contributed by atoms with van der Waals surface area (Å²) in [5.41, 5.74) is 1.91. The summed E-state index contributed by atoms with van der Waals surface area (Å²) in [5.74, 6) is 0.716. The van der Waals surface area contributed by atoms with Gasteiger partial charge in [-0.1, -0.05) is 105 Å². The lowest BCUT2D eigenvalue weighted by molar-refractivity contribution is -0.120. The molecule has 1 N–H and O–H groups in total. The number of rotatable bonds is 8. The van der Waals surface area contributed by atoms with Gasteiger partial charge in [0.1, 0.15) is 12.4 Å². The number of carbonyl (C=O) groups excluding carboxylic acids is 1. The summed E-state index contributed by atoms with van der Waals surface area (Å²) in [6, 6.07) is 31.8. The molecular formula is C29H27NO2. The summed E-state index contributed by atoms with van der Waals surface area (Å²) in [5, 5.41) is 5.13. The van der Waals surface area contributed by atoms with Crippen molar-refractivity contribution in [3.05, 3.63) is 121 Å². The van der Waals surface area contributed by atoms with Crippen molar-refractivity contribution in [1.82, 2.24) is 0 Å². The topological polar surface area (TPSA) is 38.3 Å². The monoisotopic (exact) mass is 421 g/mol. The maximum Gasteiger partial charge on any atom is 0.239 e. The fraction of sp³-hybridized carbons (Fsp3) is 0.138. The molecule has 0 radical (unpaired) electrons. The molecule has 3 heteroatoms. The minimum absolute atomic E-state index is 0.0534. The highest BCUT2D eigenvalue weighted by molar-refractivity contribution is 6.08. The van der Waals surface area contributed by atoms with Crippen LogP contribution in [0, 0.1) is 0 Å². The Morgan fingerprint density at radius 2 is 1.41 bits per heavy atom. The van der Waals surface area contributed by atoms with E-state index in [1.165, 1.54) is 0 Å². The second-order valence-electron chi connectivity index (χ2n) is 7.70. The van der Waals surface area contributed by atoms with Gasteiger partial charge in [-0.25, -0.2) is 0 Å². The Kier molecular flexibility index (Phi) is 6.37. The lowest BCUT2D eigenvalue weighted by Crippen LogP contribution is -2.41. The number of anilines is 1. The number of hydrogen-bond donors (Lipinski definition) is 1. The predicted molar refractivity (Wildman–Crippen MR) is 132 cm³/mol. The van der Waals surface area contributed by atoms with Gasteiger partial charge in [0.25, 0.3) is 0 Å². The number of benzene rings is 4. The van der Waals surface area contributed by atoms with E-state index in [0.29, 0.717) is 13.0 Å². The number of hydrogen-bond acceptors (Lipinski definition) is 2. The van der Waals surface area contributed by atoms with Crippen molar-refractivity contribution in [2.24, 2.45) is 0 Å². The Balaban J connectivity index is 1.80. The molecule has 0 aliphatic rings. The van der Waals surface area contributed by atoms with E-state index in [9.17, 15) is 4.79 Å². The third-order valence-corrected chi connectivity index (χ3v) is 5.94. The molecule has 0 spiro atoms. The van der Waals surface area contributed by atoms with Crippen LogP contribution in [0.4, 0.5) is 5.69 Å². The Morgan fingerprint density at radius 1 is 0.844 bits per heavy atom. The van der Waals surface area contributed by atoms with Crippen LogP contribution in [0.5, 0.6) is 5.75 Å². The summed E-state index contributed by atoms with van der Waals surface area (Å²) in [6.45, 7) is 6.21. The Morgan fingerprint density at radius 3 is 1.97 bits per heavy atom. The molecule has 0 fully saturated rings. The molecule has 0 saturated carbocycles. The zero-order chi connectivity index (χ0) is 22.4. The summed E-state index contributed by atoms with van der Waals surface area (Å²) in [7, 11) is 0. The van der Waals surface area contributed by atoms with Crippen molar-refractivity contribution < 1.29 is 9.53 Å². The molecule has 0 aliphatic carbocycles. The van der Waals surface area contributed by atoms with E-state index in [0.717, 1.165) is 33.3 Å². The SMILES string of the molecule is C=CCOc1ccc(NC(=O)C(CC)(c2ccccc2)c2ccccc2)c2ccccc12. The van der Waals surface area contributed by atoms with Crippen LogP contribution in [0.1, 0.15) is 24.5 Å². The molecule has 4 aromatic rings. The summed E-state index contributed by atoms with van der Waals surface area (Å²) in [6.07, 6.45) is 2.35. The van der Waals surface area contributed by atoms with E-state index in [1.807, 2.05) is 97.1 Å². The number of fused-ring (bicyclic) bond motifs is 1. The van der Waals surface area contributed by atoms with Crippen LogP contribution in [0.15, 0.2) is 110 Å². The molecular weight excluding hydrogens is 394 g/mol. The van der Waals surface area contributed by atoms with Crippen LogP contribution in [0.3, 0.4) is 0 Å². The largest absolute Gasteiger partial charge is 0.489 e. The highest BCUT2D eigenvalue weighted by atomic mass is 16.5. The van der Waals surface area contributed by atoms with Crippen LogP contribution < -0.4 is 10.1 Å². The molecule has 4 aromatic carbocycles. The first kappa shape index (κ1) is 21.4. The molecule has 32 heavy (non-hydrogen) atoms. The third kappa shape index (κ3) is 3.90. The second-order valence-corrected chi connectivity index (χ2v) is 7.70. The average molecular weight is 422 g/mol. The zero-order valence-corrected chi connectivity index (χ0v) is 18.3.